The van der Waals surface area contributed by atoms with Gasteiger partial charge in [-0.2, -0.15) is 0 Å². The molecule has 0 N–H and O–H groups in total. The molecule has 1 spiro atoms. The van der Waals surface area contributed by atoms with Crippen LogP contribution >= 0.6 is 11.6 Å². The van der Waals surface area contributed by atoms with Gasteiger partial charge in [0.05, 0.1) is 12.6 Å². The van der Waals surface area contributed by atoms with Crippen LogP contribution < -0.4 is 0 Å². The maximum Gasteiger partial charge on any atom is 0.410 e. The van der Waals surface area contributed by atoms with Crippen LogP contribution in [-0.4, -0.2) is 69.4 Å². The molecule has 7 nitrogen and oxygen atoms in total. The van der Waals surface area contributed by atoms with Crippen LogP contribution in [0, 0.1) is 0 Å². The molecule has 0 aromatic heterocycles. The number of rotatable bonds is 3. The van der Waals surface area contributed by atoms with Crippen molar-refractivity contribution in [1.82, 2.24) is 14.7 Å². The van der Waals surface area contributed by atoms with Gasteiger partial charge in [-0.3, -0.25) is 9.59 Å². The van der Waals surface area contributed by atoms with Gasteiger partial charge < -0.3 is 19.4 Å². The van der Waals surface area contributed by atoms with Crippen LogP contribution in [-0.2, 0) is 14.3 Å². The third kappa shape index (κ3) is 4.52. The fourth-order valence-electron chi connectivity index (χ4n) is 4.44. The molecule has 2 saturated heterocycles. The standard InChI is InChI=1S/C23H32ClN3O4/c1-15(2)26-13-19(28)27(16(3)17-7-9-18(24)10-8-17)23(20(26)29)11-12-25(14-23)21(30)31-22(4,5)6/h7-10,15-16H,11-14H2,1-6H3/t16-,23?/m0/s1. The number of halogens is 1. The summed E-state index contributed by atoms with van der Waals surface area (Å²) >= 11 is 6.04. The summed E-state index contributed by atoms with van der Waals surface area (Å²) in [5.41, 5.74) is -0.867. The first-order chi connectivity index (χ1) is 14.4. The van der Waals surface area contributed by atoms with Crippen molar-refractivity contribution in [2.24, 2.45) is 0 Å². The highest BCUT2D eigenvalue weighted by Crippen LogP contribution is 2.40. The Morgan fingerprint density at radius 1 is 1.13 bits per heavy atom. The van der Waals surface area contributed by atoms with Gasteiger partial charge in [-0.05, 0) is 65.7 Å². The number of amides is 3. The zero-order valence-electron chi connectivity index (χ0n) is 19.1. The molecular formula is C23H32ClN3O4. The summed E-state index contributed by atoms with van der Waals surface area (Å²) in [6.07, 6.45) is -0.0942. The summed E-state index contributed by atoms with van der Waals surface area (Å²) in [5.74, 6) is -0.240. The summed E-state index contributed by atoms with van der Waals surface area (Å²) in [4.78, 5) is 44.7. The molecule has 1 unspecified atom stereocenters. The van der Waals surface area contributed by atoms with E-state index in [-0.39, 0.29) is 37.0 Å². The van der Waals surface area contributed by atoms with E-state index in [1.165, 1.54) is 0 Å². The maximum atomic E-state index is 13.7. The van der Waals surface area contributed by atoms with Crippen LogP contribution in [0.4, 0.5) is 4.79 Å². The number of hydrogen-bond acceptors (Lipinski definition) is 4. The first-order valence-electron chi connectivity index (χ1n) is 10.7. The van der Waals surface area contributed by atoms with E-state index in [0.717, 1.165) is 5.56 Å². The lowest BCUT2D eigenvalue weighted by molar-refractivity contribution is -0.169. The topological polar surface area (TPSA) is 70.2 Å². The molecule has 2 fully saturated rings. The number of carbonyl (C=O) groups is 3. The molecule has 8 heteroatoms. The first kappa shape index (κ1) is 23.4. The molecule has 1 aromatic rings. The Morgan fingerprint density at radius 2 is 1.74 bits per heavy atom. The third-order valence-corrected chi connectivity index (χ3v) is 6.21. The molecule has 3 amide bonds. The van der Waals surface area contributed by atoms with Crippen LogP contribution in [0.1, 0.15) is 59.6 Å². The van der Waals surface area contributed by atoms with Crippen molar-refractivity contribution in [3.63, 3.8) is 0 Å². The lowest BCUT2D eigenvalue weighted by Crippen LogP contribution is -2.70. The number of hydrogen-bond donors (Lipinski definition) is 0. The lowest BCUT2D eigenvalue weighted by atomic mass is 9.87. The lowest BCUT2D eigenvalue weighted by Gasteiger charge is -2.50. The van der Waals surface area contributed by atoms with Gasteiger partial charge >= 0.3 is 6.09 Å². The summed E-state index contributed by atoms with van der Waals surface area (Å²) in [6.45, 7) is 11.6. The van der Waals surface area contributed by atoms with Crippen LogP contribution in [0.5, 0.6) is 0 Å². The van der Waals surface area contributed by atoms with Crippen LogP contribution in [0.15, 0.2) is 24.3 Å². The fraction of sp³-hybridized carbons (Fsp3) is 0.609. The van der Waals surface area contributed by atoms with Crippen molar-refractivity contribution in [3.05, 3.63) is 34.9 Å². The summed E-state index contributed by atoms with van der Waals surface area (Å²) in [5, 5.41) is 0.606. The SMILES string of the molecule is CC(C)N1CC(=O)N([C@@H](C)c2ccc(Cl)cc2)C2(CCN(C(=O)OC(C)(C)C)C2)C1=O. The van der Waals surface area contributed by atoms with E-state index in [9.17, 15) is 14.4 Å². The molecule has 3 rings (SSSR count). The average Bonchev–Trinajstić information content (AvgIpc) is 3.10. The quantitative estimate of drug-likeness (QED) is 0.702. The largest absolute Gasteiger partial charge is 0.444 e. The van der Waals surface area contributed by atoms with Gasteiger partial charge in [0.1, 0.15) is 17.7 Å². The van der Waals surface area contributed by atoms with Crippen molar-refractivity contribution in [1.29, 1.82) is 0 Å². The molecule has 2 aliphatic rings. The predicted molar refractivity (Wildman–Crippen MR) is 119 cm³/mol. The van der Waals surface area contributed by atoms with Gasteiger partial charge in [-0.1, -0.05) is 23.7 Å². The highest BCUT2D eigenvalue weighted by molar-refractivity contribution is 6.30. The Bertz CT molecular complexity index is 865. The first-order valence-corrected chi connectivity index (χ1v) is 11.1. The van der Waals surface area contributed by atoms with E-state index in [1.807, 2.05) is 32.9 Å². The molecule has 0 aliphatic carbocycles. The summed E-state index contributed by atoms with van der Waals surface area (Å²) < 4.78 is 5.53. The average molecular weight is 450 g/mol. The molecule has 1 aromatic carbocycles. The van der Waals surface area contributed by atoms with Crippen molar-refractivity contribution in [2.45, 2.75) is 71.2 Å². The number of nitrogens with zero attached hydrogens (tertiary/aromatic N) is 3. The van der Waals surface area contributed by atoms with E-state index in [4.69, 9.17) is 16.3 Å². The second-order valence-electron chi connectivity index (χ2n) is 9.70. The van der Waals surface area contributed by atoms with E-state index >= 15 is 0 Å². The molecule has 2 atom stereocenters. The Morgan fingerprint density at radius 3 is 2.29 bits per heavy atom. The molecule has 2 aliphatic heterocycles. The van der Waals surface area contributed by atoms with Crippen LogP contribution in [0.2, 0.25) is 5.02 Å². The Kier molecular flexibility index (Phi) is 6.29. The van der Waals surface area contributed by atoms with Crippen molar-refractivity contribution < 1.29 is 19.1 Å². The second kappa shape index (κ2) is 8.34. The Hall–Kier alpha value is -2.28. The van der Waals surface area contributed by atoms with E-state index in [2.05, 4.69) is 0 Å². The van der Waals surface area contributed by atoms with Gasteiger partial charge in [-0.15, -0.1) is 0 Å². The Labute approximate surface area is 189 Å². The minimum Gasteiger partial charge on any atom is -0.444 e. The van der Waals surface area contributed by atoms with Crippen molar-refractivity contribution >= 4 is 29.5 Å². The number of ether oxygens (including phenoxy) is 1. The third-order valence-electron chi connectivity index (χ3n) is 5.96. The van der Waals surface area contributed by atoms with Crippen molar-refractivity contribution in [2.75, 3.05) is 19.6 Å². The molecular weight excluding hydrogens is 418 g/mol. The smallest absolute Gasteiger partial charge is 0.410 e. The minimum atomic E-state index is -1.12. The monoisotopic (exact) mass is 449 g/mol. The highest BCUT2D eigenvalue weighted by atomic mass is 35.5. The number of likely N-dealkylation sites (tertiary alicyclic amines) is 1. The summed E-state index contributed by atoms with van der Waals surface area (Å²) in [6, 6.07) is 6.83. The normalized spacial score (nSPS) is 23.2. The van der Waals surface area contributed by atoms with Gasteiger partial charge in [-0.25, -0.2) is 4.79 Å². The number of piperazine rings is 1. The van der Waals surface area contributed by atoms with Gasteiger partial charge in [0.2, 0.25) is 5.91 Å². The van der Waals surface area contributed by atoms with Gasteiger partial charge in [0, 0.05) is 17.6 Å². The van der Waals surface area contributed by atoms with Crippen LogP contribution in [0.3, 0.4) is 0 Å². The van der Waals surface area contributed by atoms with E-state index in [1.54, 1.807) is 47.6 Å². The van der Waals surface area contributed by atoms with Gasteiger partial charge in [0.15, 0.2) is 0 Å². The van der Waals surface area contributed by atoms with E-state index in [0.29, 0.717) is 18.0 Å². The van der Waals surface area contributed by atoms with Gasteiger partial charge in [0.25, 0.3) is 5.91 Å². The number of benzene rings is 1. The minimum absolute atomic E-state index is 0.0304. The fourth-order valence-corrected chi connectivity index (χ4v) is 4.57. The molecule has 2 heterocycles. The second-order valence-corrected chi connectivity index (χ2v) is 10.1. The summed E-state index contributed by atoms with van der Waals surface area (Å²) in [7, 11) is 0. The van der Waals surface area contributed by atoms with Crippen molar-refractivity contribution in [3.8, 4) is 0 Å². The zero-order chi connectivity index (χ0) is 23.1. The van der Waals surface area contributed by atoms with E-state index < -0.39 is 17.2 Å². The molecule has 0 bridgehead atoms. The zero-order valence-corrected chi connectivity index (χ0v) is 19.9. The molecule has 0 saturated carbocycles. The predicted octanol–water partition coefficient (Wildman–Crippen LogP) is 3.86. The maximum absolute atomic E-state index is 13.7. The van der Waals surface area contributed by atoms with Crippen LogP contribution in [0.25, 0.3) is 0 Å². The Balaban J connectivity index is 1.98. The molecule has 170 valence electrons. The number of carbonyl (C=O) groups excluding carboxylic acids is 3. The highest BCUT2D eigenvalue weighted by Gasteiger charge is 2.58. The molecule has 0 radical (unpaired) electrons. The molecule has 31 heavy (non-hydrogen) atoms.